The van der Waals surface area contributed by atoms with Gasteiger partial charge in [-0.15, -0.1) is 0 Å². The highest BCUT2D eigenvalue weighted by Gasteiger charge is 2.30. The van der Waals surface area contributed by atoms with Gasteiger partial charge in [0.2, 0.25) is 5.91 Å². The Hall–Kier alpha value is -3.86. The van der Waals surface area contributed by atoms with Gasteiger partial charge in [-0.05, 0) is 47.4 Å². The van der Waals surface area contributed by atoms with E-state index in [4.69, 9.17) is 10.00 Å². The number of carbonyl (C=O) groups excluding carboxylic acids is 2. The number of aliphatic carboxylic acids is 1. The standard InChI is InChI=1S/C27H31N3O5/c1-17(2)15-24(26(32)33)29-25(31)23(13-7-8-14-28)30-27(34)35-16-22-20-11-5-3-9-18(20)19-10-4-6-12-21(19)22/h3-6,9-12,17,22-24H,7-8,13,15-16H2,1-2H3,(H,29,31)(H,30,34)(H,32,33). The second-order valence-corrected chi connectivity index (χ2v) is 9.10. The number of carbonyl (C=O) groups is 3. The van der Waals surface area contributed by atoms with Gasteiger partial charge < -0.3 is 20.5 Å². The van der Waals surface area contributed by atoms with Crippen LogP contribution in [0.15, 0.2) is 48.5 Å². The molecule has 0 saturated carbocycles. The smallest absolute Gasteiger partial charge is 0.407 e. The van der Waals surface area contributed by atoms with Crippen LogP contribution in [0.25, 0.3) is 11.1 Å². The van der Waals surface area contributed by atoms with Crippen molar-refractivity contribution >= 4 is 18.0 Å². The maximum atomic E-state index is 12.8. The topological polar surface area (TPSA) is 129 Å². The first-order valence-electron chi connectivity index (χ1n) is 11.8. The van der Waals surface area contributed by atoms with Crippen molar-refractivity contribution in [1.29, 1.82) is 5.26 Å². The lowest BCUT2D eigenvalue weighted by molar-refractivity contribution is -0.142. The van der Waals surface area contributed by atoms with Gasteiger partial charge >= 0.3 is 12.1 Å². The van der Waals surface area contributed by atoms with Crippen LogP contribution in [-0.4, -0.2) is 41.8 Å². The zero-order valence-corrected chi connectivity index (χ0v) is 20.0. The Balaban J connectivity index is 1.66. The Morgan fingerprint density at radius 2 is 1.60 bits per heavy atom. The molecular weight excluding hydrogens is 446 g/mol. The summed E-state index contributed by atoms with van der Waals surface area (Å²) in [7, 11) is 0. The number of unbranched alkanes of at least 4 members (excludes halogenated alkanes) is 1. The molecule has 0 aromatic heterocycles. The molecule has 3 N–H and O–H groups in total. The number of nitrogens with one attached hydrogen (secondary N) is 2. The number of fused-ring (bicyclic) bond motifs is 3. The van der Waals surface area contributed by atoms with E-state index < -0.39 is 30.1 Å². The highest BCUT2D eigenvalue weighted by atomic mass is 16.5. The second kappa shape index (κ2) is 12.0. The van der Waals surface area contributed by atoms with E-state index in [0.29, 0.717) is 6.42 Å². The molecule has 184 valence electrons. The summed E-state index contributed by atoms with van der Waals surface area (Å²) in [6.07, 6.45) is 0.277. The molecule has 1 aliphatic carbocycles. The van der Waals surface area contributed by atoms with Crippen molar-refractivity contribution in [2.75, 3.05) is 6.61 Å². The number of nitriles is 1. The molecule has 8 nitrogen and oxygen atoms in total. The van der Waals surface area contributed by atoms with Gasteiger partial charge in [-0.3, -0.25) is 4.79 Å². The zero-order chi connectivity index (χ0) is 25.4. The highest BCUT2D eigenvalue weighted by molar-refractivity contribution is 5.89. The van der Waals surface area contributed by atoms with Crippen molar-refractivity contribution in [2.24, 2.45) is 5.92 Å². The molecule has 35 heavy (non-hydrogen) atoms. The van der Waals surface area contributed by atoms with E-state index in [1.165, 1.54) is 0 Å². The van der Waals surface area contributed by atoms with Crippen molar-refractivity contribution in [3.05, 3.63) is 59.7 Å². The zero-order valence-electron chi connectivity index (χ0n) is 20.0. The van der Waals surface area contributed by atoms with Crippen LogP contribution in [0.5, 0.6) is 0 Å². The molecule has 1 aliphatic rings. The van der Waals surface area contributed by atoms with E-state index in [1.807, 2.05) is 68.4 Å². The molecule has 0 saturated heterocycles. The fourth-order valence-electron chi connectivity index (χ4n) is 4.40. The van der Waals surface area contributed by atoms with Gasteiger partial charge in [-0.1, -0.05) is 62.4 Å². The third-order valence-corrected chi connectivity index (χ3v) is 6.06. The number of alkyl carbamates (subject to hydrolysis) is 1. The summed E-state index contributed by atoms with van der Waals surface area (Å²) < 4.78 is 5.53. The number of carboxylic acid groups (broad SMARTS) is 1. The van der Waals surface area contributed by atoms with E-state index in [2.05, 4.69) is 10.6 Å². The van der Waals surface area contributed by atoms with Gasteiger partial charge in [0.15, 0.2) is 0 Å². The highest BCUT2D eigenvalue weighted by Crippen LogP contribution is 2.44. The minimum absolute atomic E-state index is 0.0588. The van der Waals surface area contributed by atoms with Gasteiger partial charge in [0.1, 0.15) is 18.7 Å². The van der Waals surface area contributed by atoms with Gasteiger partial charge in [-0.25, -0.2) is 9.59 Å². The van der Waals surface area contributed by atoms with Crippen LogP contribution in [0.1, 0.15) is 56.6 Å². The average Bonchev–Trinajstić information content (AvgIpc) is 3.15. The van der Waals surface area contributed by atoms with Crippen LogP contribution in [0.2, 0.25) is 0 Å². The molecule has 2 aromatic rings. The first-order chi connectivity index (χ1) is 16.8. The van der Waals surface area contributed by atoms with Crippen LogP contribution in [0.4, 0.5) is 4.79 Å². The minimum atomic E-state index is -1.14. The Morgan fingerprint density at radius 3 is 2.14 bits per heavy atom. The number of benzene rings is 2. The summed E-state index contributed by atoms with van der Waals surface area (Å²) in [5.74, 6) is -1.81. The molecule has 0 radical (unpaired) electrons. The van der Waals surface area contributed by atoms with E-state index >= 15 is 0 Å². The number of ether oxygens (including phenoxy) is 1. The lowest BCUT2D eigenvalue weighted by Gasteiger charge is -2.22. The molecule has 0 bridgehead atoms. The lowest BCUT2D eigenvalue weighted by atomic mass is 9.98. The van der Waals surface area contributed by atoms with Crippen molar-refractivity contribution in [3.8, 4) is 17.2 Å². The molecule has 2 atom stereocenters. The Bertz CT molecular complexity index is 1060. The third kappa shape index (κ3) is 6.60. The average molecular weight is 478 g/mol. The monoisotopic (exact) mass is 477 g/mol. The maximum absolute atomic E-state index is 12.8. The van der Waals surface area contributed by atoms with Crippen LogP contribution in [-0.2, 0) is 14.3 Å². The van der Waals surface area contributed by atoms with Crippen LogP contribution in [0, 0.1) is 17.2 Å². The Labute approximate surface area is 205 Å². The van der Waals surface area contributed by atoms with Crippen LogP contribution < -0.4 is 10.6 Å². The molecular formula is C27H31N3O5. The Morgan fingerprint density at radius 1 is 1.00 bits per heavy atom. The van der Waals surface area contributed by atoms with Crippen molar-refractivity contribution < 1.29 is 24.2 Å². The van der Waals surface area contributed by atoms with Crippen molar-refractivity contribution in [1.82, 2.24) is 10.6 Å². The van der Waals surface area contributed by atoms with E-state index in [9.17, 15) is 19.5 Å². The number of amides is 2. The molecule has 8 heteroatoms. The van der Waals surface area contributed by atoms with Crippen LogP contribution >= 0.6 is 0 Å². The minimum Gasteiger partial charge on any atom is -0.480 e. The third-order valence-electron chi connectivity index (χ3n) is 6.06. The van der Waals surface area contributed by atoms with Crippen molar-refractivity contribution in [2.45, 2.75) is 57.5 Å². The molecule has 2 amide bonds. The lowest BCUT2D eigenvalue weighted by Crippen LogP contribution is -2.52. The van der Waals surface area contributed by atoms with Gasteiger partial charge in [0, 0.05) is 12.3 Å². The largest absolute Gasteiger partial charge is 0.480 e. The summed E-state index contributed by atoms with van der Waals surface area (Å²) in [5, 5.41) is 23.4. The number of rotatable bonds is 11. The number of hydrogen-bond acceptors (Lipinski definition) is 5. The number of hydrogen-bond donors (Lipinski definition) is 3. The van der Waals surface area contributed by atoms with E-state index in [1.54, 1.807) is 0 Å². The molecule has 3 rings (SSSR count). The predicted molar refractivity (Wildman–Crippen MR) is 130 cm³/mol. The normalized spacial score (nSPS) is 13.8. The molecule has 0 heterocycles. The number of carboxylic acids is 1. The first-order valence-corrected chi connectivity index (χ1v) is 11.8. The van der Waals surface area contributed by atoms with E-state index in [-0.39, 0.29) is 37.7 Å². The predicted octanol–water partition coefficient (Wildman–Crippen LogP) is 4.20. The van der Waals surface area contributed by atoms with Crippen molar-refractivity contribution in [3.63, 3.8) is 0 Å². The van der Waals surface area contributed by atoms with Gasteiger partial charge in [0.25, 0.3) is 0 Å². The summed E-state index contributed by atoms with van der Waals surface area (Å²) in [6, 6.07) is 15.9. The molecule has 0 fully saturated rings. The molecule has 0 aliphatic heterocycles. The van der Waals surface area contributed by atoms with E-state index in [0.717, 1.165) is 22.3 Å². The quantitative estimate of drug-likeness (QED) is 0.416. The second-order valence-electron chi connectivity index (χ2n) is 9.10. The SMILES string of the molecule is CC(C)CC(NC(=O)C(CCCC#N)NC(=O)OCC1c2ccccc2-c2ccccc21)C(=O)O. The first kappa shape index (κ1) is 25.8. The number of nitrogens with zero attached hydrogens (tertiary/aromatic N) is 1. The van der Waals surface area contributed by atoms with Gasteiger partial charge in [0.05, 0.1) is 6.07 Å². The summed E-state index contributed by atoms with van der Waals surface area (Å²) in [4.78, 5) is 37.1. The molecule has 2 aromatic carbocycles. The fourth-order valence-corrected chi connectivity index (χ4v) is 4.40. The maximum Gasteiger partial charge on any atom is 0.407 e. The van der Waals surface area contributed by atoms with Crippen LogP contribution in [0.3, 0.4) is 0 Å². The summed E-state index contributed by atoms with van der Waals surface area (Å²) >= 11 is 0. The Kier molecular flexibility index (Phi) is 8.85. The van der Waals surface area contributed by atoms with Gasteiger partial charge in [-0.2, -0.15) is 5.26 Å². The fraction of sp³-hybridized carbons (Fsp3) is 0.407. The molecule has 0 spiro atoms. The summed E-state index contributed by atoms with van der Waals surface area (Å²) in [5.41, 5.74) is 4.36. The molecule has 2 unspecified atom stereocenters. The summed E-state index contributed by atoms with van der Waals surface area (Å²) in [6.45, 7) is 3.82.